The Bertz CT molecular complexity index is 244. The Hall–Kier alpha value is 0.860. The predicted molar refractivity (Wildman–Crippen MR) is 38.4 cm³/mol. The van der Waals surface area contributed by atoms with Crippen molar-refractivity contribution in [2.75, 3.05) is 0 Å². The van der Waals surface area contributed by atoms with Crippen LogP contribution >= 0.6 is 0 Å². The number of carbonyl (C=O) groups is 2. The van der Waals surface area contributed by atoms with E-state index < -0.39 is 23.1 Å². The van der Waals surface area contributed by atoms with E-state index in [1.807, 2.05) is 0 Å². The summed E-state index contributed by atoms with van der Waals surface area (Å²) >= 11 is 0. The van der Waals surface area contributed by atoms with E-state index in [1.165, 1.54) is 0 Å². The van der Waals surface area contributed by atoms with Crippen LogP contribution in [0, 0.1) is 0 Å². The number of aliphatic carboxylic acids is 2. The van der Waals surface area contributed by atoms with Crippen molar-refractivity contribution in [1.29, 1.82) is 0 Å². The maximum atomic E-state index is 9.72. The van der Waals surface area contributed by atoms with Gasteiger partial charge in [0, 0.05) is 0 Å². The first kappa shape index (κ1) is 19.2. The molecular weight excluding hydrogens is 238 g/mol. The molecule has 0 aliphatic heterocycles. The van der Waals surface area contributed by atoms with Gasteiger partial charge in [-0.25, -0.2) is 0 Å². The van der Waals surface area contributed by atoms with Crippen molar-refractivity contribution in [3.63, 3.8) is 0 Å². The molecule has 2 aliphatic rings. The minimum atomic E-state index is -1.44. The fraction of sp³-hybridized carbons (Fsp3) is 0.750. The summed E-state index contributed by atoms with van der Waals surface area (Å²) in [6.07, 6.45) is 1.43. The van der Waals surface area contributed by atoms with Crippen LogP contribution in [0.3, 0.4) is 0 Å². The average molecular weight is 248 g/mol. The minimum Gasteiger partial charge on any atom is -0.547 e. The van der Waals surface area contributed by atoms with E-state index >= 15 is 0 Å². The third kappa shape index (κ3) is 5.46. The summed E-state index contributed by atoms with van der Waals surface area (Å²) in [5.41, 5.74) is -2.89. The second-order valence-electron chi connectivity index (χ2n) is 3.64. The first-order chi connectivity index (χ1) is 6.30. The van der Waals surface area contributed by atoms with E-state index in [2.05, 4.69) is 0 Å². The van der Waals surface area contributed by atoms with Crippen LogP contribution in [-0.4, -0.2) is 33.4 Å². The van der Waals surface area contributed by atoms with E-state index in [9.17, 15) is 19.8 Å². The number of carbonyl (C=O) groups excluding carboxylic acids is 2. The molecule has 0 aromatic heterocycles. The third-order valence-corrected chi connectivity index (χ3v) is 2.21. The molecule has 16 heavy (non-hydrogen) atoms. The fourth-order valence-electron chi connectivity index (χ4n) is 0.645. The standard InChI is InChI=1S/2C4H6O3.2Na/c2*5-3(6)4(7)1-2-4;;/h2*7H,1-2H2,(H,5,6);;/q;;2*+1/p-2. The van der Waals surface area contributed by atoms with Crippen LogP contribution in [0.2, 0.25) is 0 Å². The van der Waals surface area contributed by atoms with Gasteiger partial charge >= 0.3 is 59.1 Å². The van der Waals surface area contributed by atoms with Gasteiger partial charge in [-0.2, -0.15) is 0 Å². The molecule has 0 aromatic rings. The van der Waals surface area contributed by atoms with Crippen LogP contribution in [0.4, 0.5) is 0 Å². The largest absolute Gasteiger partial charge is 1.00 e. The van der Waals surface area contributed by atoms with Crippen molar-refractivity contribution in [2.24, 2.45) is 0 Å². The Balaban J connectivity index is 0. The van der Waals surface area contributed by atoms with Crippen LogP contribution in [0.15, 0.2) is 0 Å². The molecule has 0 bridgehead atoms. The predicted octanol–water partition coefficient (Wildman–Crippen LogP) is -9.47. The van der Waals surface area contributed by atoms with E-state index in [-0.39, 0.29) is 59.1 Å². The maximum Gasteiger partial charge on any atom is 1.00 e. The molecule has 0 unspecified atom stereocenters. The summed E-state index contributed by atoms with van der Waals surface area (Å²) in [6.45, 7) is 0. The van der Waals surface area contributed by atoms with Crippen molar-refractivity contribution in [3.05, 3.63) is 0 Å². The van der Waals surface area contributed by atoms with Crippen molar-refractivity contribution < 1.29 is 89.1 Å². The summed E-state index contributed by atoms with van der Waals surface area (Å²) in [6, 6.07) is 0. The molecule has 0 amide bonds. The number of hydrogen-bond acceptors (Lipinski definition) is 6. The molecule has 80 valence electrons. The number of carboxylic acid groups (broad SMARTS) is 2. The number of carboxylic acids is 2. The quantitative estimate of drug-likeness (QED) is 0.468. The summed E-state index contributed by atoms with van der Waals surface area (Å²) in [7, 11) is 0. The minimum absolute atomic E-state index is 0. The second kappa shape index (κ2) is 6.70. The summed E-state index contributed by atoms with van der Waals surface area (Å²) in [5.74, 6) is -2.68. The van der Waals surface area contributed by atoms with Gasteiger partial charge < -0.3 is 30.0 Å². The van der Waals surface area contributed by atoms with E-state index in [0.717, 1.165) is 0 Å². The van der Waals surface area contributed by atoms with Gasteiger partial charge in [-0.05, 0) is 25.7 Å². The Morgan fingerprint density at radius 2 is 1.00 bits per heavy atom. The van der Waals surface area contributed by atoms with Crippen molar-refractivity contribution in [2.45, 2.75) is 36.9 Å². The third-order valence-electron chi connectivity index (χ3n) is 2.21. The van der Waals surface area contributed by atoms with Crippen LogP contribution in [0.25, 0.3) is 0 Å². The monoisotopic (exact) mass is 248 g/mol. The zero-order valence-electron chi connectivity index (χ0n) is 9.36. The molecule has 6 nitrogen and oxygen atoms in total. The van der Waals surface area contributed by atoms with Gasteiger partial charge in [0.1, 0.15) is 11.2 Å². The molecular formula is C8H10Na2O6. The van der Waals surface area contributed by atoms with E-state index in [0.29, 0.717) is 25.7 Å². The van der Waals surface area contributed by atoms with Crippen LogP contribution in [0.1, 0.15) is 25.7 Å². The first-order valence-electron chi connectivity index (χ1n) is 4.18. The van der Waals surface area contributed by atoms with Crippen molar-refractivity contribution in [1.82, 2.24) is 0 Å². The molecule has 2 aliphatic carbocycles. The van der Waals surface area contributed by atoms with Crippen LogP contribution in [0.5, 0.6) is 0 Å². The Morgan fingerprint density at radius 1 is 0.812 bits per heavy atom. The summed E-state index contributed by atoms with van der Waals surface area (Å²) in [4.78, 5) is 19.4. The van der Waals surface area contributed by atoms with Gasteiger partial charge in [-0.1, -0.05) is 0 Å². The zero-order valence-corrected chi connectivity index (χ0v) is 13.4. The summed E-state index contributed by atoms with van der Waals surface area (Å²) in [5, 5.41) is 36.5. The van der Waals surface area contributed by atoms with E-state index in [4.69, 9.17) is 10.2 Å². The smallest absolute Gasteiger partial charge is 0.547 e. The molecule has 8 heteroatoms. The molecule has 0 aromatic carbocycles. The maximum absolute atomic E-state index is 9.72. The molecule has 0 spiro atoms. The first-order valence-corrected chi connectivity index (χ1v) is 4.18. The molecule has 2 N–H and O–H groups in total. The van der Waals surface area contributed by atoms with Gasteiger partial charge in [0.15, 0.2) is 0 Å². The van der Waals surface area contributed by atoms with E-state index in [1.54, 1.807) is 0 Å². The Labute approximate surface area is 137 Å². The topological polar surface area (TPSA) is 121 Å². The SMILES string of the molecule is O=C([O-])C1(O)CC1.O=C([O-])C1(O)CC1.[Na+].[Na+]. The molecule has 0 radical (unpaired) electrons. The van der Waals surface area contributed by atoms with Crippen LogP contribution in [-0.2, 0) is 9.59 Å². The van der Waals surface area contributed by atoms with Gasteiger partial charge in [0.05, 0.1) is 11.9 Å². The molecule has 0 atom stereocenters. The molecule has 2 rings (SSSR count). The number of hydrogen-bond donors (Lipinski definition) is 2. The number of aliphatic hydroxyl groups is 2. The zero-order chi connectivity index (χ0) is 11.0. The Morgan fingerprint density at radius 3 is 1.00 bits per heavy atom. The van der Waals surface area contributed by atoms with Crippen LogP contribution < -0.4 is 69.3 Å². The molecule has 2 saturated carbocycles. The fourth-order valence-corrected chi connectivity index (χ4v) is 0.645. The van der Waals surface area contributed by atoms with Gasteiger partial charge in [0.2, 0.25) is 0 Å². The van der Waals surface area contributed by atoms with Crippen molar-refractivity contribution >= 4 is 11.9 Å². The normalized spacial score (nSPS) is 21.1. The Kier molecular flexibility index (Phi) is 8.04. The molecule has 2 fully saturated rings. The molecule has 0 heterocycles. The average Bonchev–Trinajstić information content (AvgIpc) is 2.93. The molecule has 0 saturated heterocycles. The number of rotatable bonds is 2. The van der Waals surface area contributed by atoms with Gasteiger partial charge in [-0.3, -0.25) is 0 Å². The van der Waals surface area contributed by atoms with Gasteiger partial charge in [-0.15, -0.1) is 0 Å². The van der Waals surface area contributed by atoms with Gasteiger partial charge in [0.25, 0.3) is 0 Å². The second-order valence-corrected chi connectivity index (χ2v) is 3.64. The van der Waals surface area contributed by atoms with Crippen molar-refractivity contribution in [3.8, 4) is 0 Å². The summed E-state index contributed by atoms with van der Waals surface area (Å²) < 4.78 is 0.